The molecule has 1 unspecified atom stereocenters. The van der Waals surface area contributed by atoms with Crippen LogP contribution in [0.4, 0.5) is 0 Å². The van der Waals surface area contributed by atoms with Gasteiger partial charge in [-0.3, -0.25) is 4.79 Å². The fraction of sp³-hybridized carbons (Fsp3) is 0.182. The lowest BCUT2D eigenvalue weighted by Gasteiger charge is -2.23. The third kappa shape index (κ3) is 2.70. The minimum Gasteiger partial charge on any atom is -0.292 e. The first-order valence-electron chi connectivity index (χ1n) is 9.21. The zero-order valence-electron chi connectivity index (χ0n) is 15.3. The van der Waals surface area contributed by atoms with E-state index in [2.05, 4.69) is 10.2 Å². The maximum absolute atomic E-state index is 12.8. The zero-order valence-corrected chi connectivity index (χ0v) is 16.0. The lowest BCUT2D eigenvalue weighted by atomic mass is 9.83. The minimum atomic E-state index is 0.00464. The molecular weight excluding hydrogens is 372 g/mol. The van der Waals surface area contributed by atoms with Gasteiger partial charge in [-0.15, -0.1) is 10.2 Å². The van der Waals surface area contributed by atoms with Gasteiger partial charge in [-0.05, 0) is 42.5 Å². The summed E-state index contributed by atoms with van der Waals surface area (Å²) < 4.78 is 1.81. The van der Waals surface area contributed by atoms with Crippen LogP contribution in [-0.2, 0) is 6.42 Å². The van der Waals surface area contributed by atoms with E-state index >= 15 is 0 Å². The summed E-state index contributed by atoms with van der Waals surface area (Å²) >= 11 is 6.02. The summed E-state index contributed by atoms with van der Waals surface area (Å²) in [5.74, 6) is 0.0827. The van der Waals surface area contributed by atoms with Crippen LogP contribution < -0.4 is 0 Å². The fourth-order valence-corrected chi connectivity index (χ4v) is 4.12. The summed E-state index contributed by atoms with van der Waals surface area (Å²) in [7, 11) is 0. The fourth-order valence-electron chi connectivity index (χ4n) is 3.99. The Morgan fingerprint density at radius 1 is 1.00 bits per heavy atom. The smallest absolute Gasteiger partial charge is 0.185 e. The predicted molar refractivity (Wildman–Crippen MR) is 108 cm³/mol. The van der Waals surface area contributed by atoms with Crippen LogP contribution in [0.25, 0.3) is 16.8 Å². The van der Waals surface area contributed by atoms with Crippen LogP contribution in [-0.4, -0.2) is 25.6 Å². The molecule has 0 spiro atoms. The van der Waals surface area contributed by atoms with Crippen molar-refractivity contribution in [2.24, 2.45) is 0 Å². The Labute approximate surface area is 167 Å². The van der Waals surface area contributed by atoms with Crippen LogP contribution in [0.3, 0.4) is 0 Å². The van der Waals surface area contributed by atoms with Gasteiger partial charge in [0.25, 0.3) is 0 Å². The summed E-state index contributed by atoms with van der Waals surface area (Å²) in [5, 5.41) is 14.1. The van der Waals surface area contributed by atoms with Crippen LogP contribution >= 0.6 is 11.6 Å². The van der Waals surface area contributed by atoms with E-state index in [1.54, 1.807) is 4.52 Å². The second-order valence-electron chi connectivity index (χ2n) is 7.14. The average molecular weight is 389 g/mol. The molecule has 0 radical (unpaired) electrons. The first-order chi connectivity index (χ1) is 13.6. The van der Waals surface area contributed by atoms with Crippen molar-refractivity contribution < 1.29 is 4.79 Å². The van der Waals surface area contributed by atoms with E-state index in [1.807, 2.05) is 61.5 Å². The van der Waals surface area contributed by atoms with Gasteiger partial charge >= 0.3 is 0 Å². The first kappa shape index (κ1) is 17.1. The van der Waals surface area contributed by atoms with Crippen LogP contribution in [0, 0.1) is 6.92 Å². The largest absolute Gasteiger partial charge is 0.292 e. The first-order valence-corrected chi connectivity index (χ1v) is 9.58. The maximum atomic E-state index is 12.8. The Bertz CT molecular complexity index is 1200. The monoisotopic (exact) mass is 388 g/mol. The molecule has 0 N–H and O–H groups in total. The number of ketones is 1. The van der Waals surface area contributed by atoms with Gasteiger partial charge in [0.05, 0.1) is 17.0 Å². The summed E-state index contributed by atoms with van der Waals surface area (Å²) in [6, 6.07) is 17.7. The molecular formula is C22H17ClN4O. The molecule has 1 aliphatic rings. The molecule has 0 saturated heterocycles. The third-order valence-corrected chi connectivity index (χ3v) is 5.60. The lowest BCUT2D eigenvalue weighted by Crippen LogP contribution is -2.24. The molecule has 4 aromatic rings. The Hall–Kier alpha value is -3.05. The summed E-state index contributed by atoms with van der Waals surface area (Å²) in [5.41, 5.74) is 5.91. The van der Waals surface area contributed by atoms with Crippen LogP contribution in [0.1, 0.15) is 39.8 Å². The second kappa shape index (κ2) is 6.53. The number of hydrogen-bond donors (Lipinski definition) is 0. The molecule has 28 heavy (non-hydrogen) atoms. The molecule has 138 valence electrons. The highest BCUT2D eigenvalue weighted by atomic mass is 35.5. The number of nitrogens with zero attached hydrogens (tertiary/aromatic N) is 4. The molecule has 0 aliphatic heterocycles. The maximum Gasteiger partial charge on any atom is 0.185 e. The van der Waals surface area contributed by atoms with Gasteiger partial charge in [-0.2, -0.15) is 5.10 Å². The second-order valence-corrected chi connectivity index (χ2v) is 7.57. The third-order valence-electron chi connectivity index (χ3n) is 5.35. The average Bonchev–Trinajstić information content (AvgIpc) is 3.05. The number of Topliss-reactive ketones (excluding diaryl/α,β-unsaturated/α-hetero) is 1. The Balaban J connectivity index is 1.66. The van der Waals surface area contributed by atoms with E-state index in [0.29, 0.717) is 29.2 Å². The predicted octanol–water partition coefficient (Wildman–Crippen LogP) is 4.67. The van der Waals surface area contributed by atoms with E-state index < -0.39 is 0 Å². The van der Waals surface area contributed by atoms with E-state index in [-0.39, 0.29) is 11.7 Å². The number of fused-ring (bicyclic) bond motifs is 3. The molecule has 0 bridgehead atoms. The molecule has 5 rings (SSSR count). The molecule has 6 heteroatoms. The van der Waals surface area contributed by atoms with E-state index in [4.69, 9.17) is 16.7 Å². The summed E-state index contributed by atoms with van der Waals surface area (Å²) in [6.45, 7) is 1.96. The molecule has 0 saturated carbocycles. The number of halogens is 1. The highest BCUT2D eigenvalue weighted by Crippen LogP contribution is 2.34. The van der Waals surface area contributed by atoms with Crippen molar-refractivity contribution in [1.82, 2.24) is 19.8 Å². The highest BCUT2D eigenvalue weighted by Gasteiger charge is 2.31. The van der Waals surface area contributed by atoms with E-state index in [1.165, 1.54) is 0 Å². The van der Waals surface area contributed by atoms with Crippen molar-refractivity contribution >= 4 is 23.0 Å². The molecule has 5 nitrogen and oxygen atoms in total. The van der Waals surface area contributed by atoms with Gasteiger partial charge in [0.1, 0.15) is 0 Å². The van der Waals surface area contributed by atoms with Crippen molar-refractivity contribution in [1.29, 1.82) is 0 Å². The quantitative estimate of drug-likeness (QED) is 0.500. The number of aromatic nitrogens is 4. The van der Waals surface area contributed by atoms with E-state index in [9.17, 15) is 4.79 Å². The molecule has 2 aromatic carbocycles. The molecule has 0 fully saturated rings. The van der Waals surface area contributed by atoms with Crippen molar-refractivity contribution in [2.75, 3.05) is 0 Å². The van der Waals surface area contributed by atoms with Gasteiger partial charge in [-0.1, -0.05) is 54.1 Å². The number of hydrogen-bond acceptors (Lipinski definition) is 4. The number of carbonyl (C=O) groups is 1. The Kier molecular flexibility index (Phi) is 3.98. The molecule has 2 heterocycles. The summed E-state index contributed by atoms with van der Waals surface area (Å²) in [4.78, 5) is 12.8. The number of benzene rings is 2. The molecule has 0 amide bonds. The molecule has 2 aromatic heterocycles. The normalized spacial score (nSPS) is 16.4. The Morgan fingerprint density at radius 2 is 1.75 bits per heavy atom. The number of aryl methyl sites for hydroxylation is 1. The SMILES string of the molecule is Cc1nn2c3c(nnc2c1-c1ccccc1)C(=O)CC(c1ccc(Cl)cc1)C3. The van der Waals surface area contributed by atoms with Crippen molar-refractivity contribution in [3.8, 4) is 11.1 Å². The standard InChI is InChI=1S/C22H17ClN4O/c1-13-20(15-5-3-2-4-6-15)22-25-24-21-18(27(22)26-13)11-16(12-19(21)28)14-7-9-17(23)10-8-14/h2-10,16H,11-12H2,1H3. The number of rotatable bonds is 2. The highest BCUT2D eigenvalue weighted by molar-refractivity contribution is 6.30. The van der Waals surface area contributed by atoms with Gasteiger partial charge in [0, 0.05) is 11.4 Å². The number of carbonyl (C=O) groups excluding carboxylic acids is 1. The van der Waals surface area contributed by atoms with Gasteiger partial charge < -0.3 is 0 Å². The van der Waals surface area contributed by atoms with Crippen LogP contribution in [0.15, 0.2) is 54.6 Å². The van der Waals surface area contributed by atoms with E-state index in [0.717, 1.165) is 28.1 Å². The van der Waals surface area contributed by atoms with Crippen LogP contribution in [0.2, 0.25) is 5.02 Å². The lowest BCUT2D eigenvalue weighted by molar-refractivity contribution is 0.0955. The van der Waals surface area contributed by atoms with Crippen molar-refractivity contribution in [3.63, 3.8) is 0 Å². The molecule has 1 aliphatic carbocycles. The van der Waals surface area contributed by atoms with Gasteiger partial charge in [-0.25, -0.2) is 4.52 Å². The zero-order chi connectivity index (χ0) is 19.3. The Morgan fingerprint density at radius 3 is 2.50 bits per heavy atom. The van der Waals surface area contributed by atoms with Crippen molar-refractivity contribution in [3.05, 3.63) is 82.3 Å². The summed E-state index contributed by atoms with van der Waals surface area (Å²) in [6.07, 6.45) is 1.10. The van der Waals surface area contributed by atoms with Crippen molar-refractivity contribution in [2.45, 2.75) is 25.7 Å². The van der Waals surface area contributed by atoms with Crippen LogP contribution in [0.5, 0.6) is 0 Å². The topological polar surface area (TPSA) is 60.1 Å². The molecule has 1 atom stereocenters. The van der Waals surface area contributed by atoms with Gasteiger partial charge in [0.2, 0.25) is 0 Å². The van der Waals surface area contributed by atoms with Gasteiger partial charge in [0.15, 0.2) is 17.1 Å². The minimum absolute atomic E-state index is 0.00464.